The van der Waals surface area contributed by atoms with Crippen LogP contribution in [-0.4, -0.2) is 25.7 Å². The van der Waals surface area contributed by atoms with E-state index >= 15 is 0 Å². The first kappa shape index (κ1) is 15.1. The van der Waals surface area contributed by atoms with Gasteiger partial charge < -0.3 is 5.32 Å². The van der Waals surface area contributed by atoms with E-state index in [1.807, 2.05) is 0 Å². The van der Waals surface area contributed by atoms with Crippen molar-refractivity contribution in [2.24, 2.45) is 0 Å². The van der Waals surface area contributed by atoms with Crippen molar-refractivity contribution in [2.75, 3.05) is 11.8 Å². The molecule has 9 heteroatoms. The molecule has 0 spiro atoms. The maximum atomic E-state index is 12.3. The fourth-order valence-corrected chi connectivity index (χ4v) is 3.62. The van der Waals surface area contributed by atoms with E-state index in [1.165, 1.54) is 18.5 Å². The van der Waals surface area contributed by atoms with Gasteiger partial charge in [-0.05, 0) is 24.7 Å². The van der Waals surface area contributed by atoms with Crippen LogP contribution in [0.25, 0.3) is 0 Å². The van der Waals surface area contributed by atoms with Crippen LogP contribution < -0.4 is 10.0 Å². The number of nitrogens with one attached hydrogen (secondary N) is 3. The Morgan fingerprint density at radius 2 is 2.10 bits per heavy atom. The number of hydrogen-bond acceptors (Lipinski definition) is 4. The van der Waals surface area contributed by atoms with Gasteiger partial charge in [-0.3, -0.25) is 9.82 Å². The first-order valence-electron chi connectivity index (χ1n) is 5.58. The lowest BCUT2D eigenvalue weighted by Crippen LogP contribution is -2.15. The smallest absolute Gasteiger partial charge is 0.263 e. The molecule has 0 saturated carbocycles. The molecular weight excluding hydrogens is 323 g/mol. The van der Waals surface area contributed by atoms with Crippen LogP contribution in [-0.2, 0) is 16.6 Å². The van der Waals surface area contributed by atoms with Gasteiger partial charge in [0.25, 0.3) is 10.0 Å². The van der Waals surface area contributed by atoms with Gasteiger partial charge in [0, 0.05) is 17.8 Å². The Hall–Kier alpha value is -1.28. The van der Waals surface area contributed by atoms with Crippen LogP contribution >= 0.6 is 23.2 Å². The zero-order chi connectivity index (χ0) is 14.8. The molecule has 0 radical (unpaired) electrons. The molecule has 3 N–H and O–H groups in total. The van der Waals surface area contributed by atoms with Gasteiger partial charge in [0.2, 0.25) is 0 Å². The Morgan fingerprint density at radius 1 is 1.35 bits per heavy atom. The Labute approximate surface area is 126 Å². The number of sulfonamides is 1. The summed E-state index contributed by atoms with van der Waals surface area (Å²) in [4.78, 5) is -0.0712. The molecule has 1 heterocycles. The molecule has 0 atom stereocenters. The molecule has 0 aliphatic rings. The van der Waals surface area contributed by atoms with E-state index in [2.05, 4.69) is 20.2 Å². The van der Waals surface area contributed by atoms with E-state index in [0.29, 0.717) is 22.8 Å². The van der Waals surface area contributed by atoms with Gasteiger partial charge in [-0.15, -0.1) is 0 Å². The van der Waals surface area contributed by atoms with Crippen molar-refractivity contribution in [1.29, 1.82) is 0 Å². The van der Waals surface area contributed by atoms with Gasteiger partial charge in [0.05, 0.1) is 16.9 Å². The summed E-state index contributed by atoms with van der Waals surface area (Å²) in [5, 5.41) is 9.52. The number of halogens is 2. The molecule has 20 heavy (non-hydrogen) atoms. The highest BCUT2D eigenvalue weighted by molar-refractivity contribution is 7.92. The Balaban J connectivity index is 2.45. The number of benzene rings is 1. The first-order valence-corrected chi connectivity index (χ1v) is 7.82. The molecule has 0 aliphatic carbocycles. The average molecular weight is 335 g/mol. The Bertz CT molecular complexity index is 701. The van der Waals surface area contributed by atoms with Gasteiger partial charge in [0.15, 0.2) is 0 Å². The Morgan fingerprint density at radius 3 is 2.70 bits per heavy atom. The monoisotopic (exact) mass is 334 g/mol. The van der Waals surface area contributed by atoms with Crippen LogP contribution in [0.3, 0.4) is 0 Å². The van der Waals surface area contributed by atoms with Crippen molar-refractivity contribution in [3.8, 4) is 0 Å². The summed E-state index contributed by atoms with van der Waals surface area (Å²) in [5.74, 6) is 0. The van der Waals surface area contributed by atoms with E-state index < -0.39 is 10.0 Å². The quantitative estimate of drug-likeness (QED) is 0.782. The minimum atomic E-state index is -3.83. The van der Waals surface area contributed by atoms with Gasteiger partial charge >= 0.3 is 0 Å². The fraction of sp³-hybridized carbons (Fsp3) is 0.182. The lowest BCUT2D eigenvalue weighted by molar-refractivity contribution is 0.601. The summed E-state index contributed by atoms with van der Waals surface area (Å²) in [5.41, 5.74) is 0.922. The van der Waals surface area contributed by atoms with E-state index in [4.69, 9.17) is 23.2 Å². The summed E-state index contributed by atoms with van der Waals surface area (Å²) >= 11 is 12.1. The molecule has 0 saturated heterocycles. The minimum Gasteiger partial charge on any atom is -0.316 e. The third-order valence-electron chi connectivity index (χ3n) is 2.49. The molecule has 0 amide bonds. The summed E-state index contributed by atoms with van der Waals surface area (Å²) in [6.07, 6.45) is 2.77. The Kier molecular flexibility index (Phi) is 4.54. The number of H-pyrrole nitrogens is 1. The van der Waals surface area contributed by atoms with Crippen LogP contribution in [0.15, 0.2) is 29.4 Å². The number of aromatic nitrogens is 2. The largest absolute Gasteiger partial charge is 0.316 e. The second kappa shape index (κ2) is 6.01. The second-order valence-corrected chi connectivity index (χ2v) is 6.47. The summed E-state index contributed by atoms with van der Waals surface area (Å²) in [6, 6.07) is 2.93. The molecule has 6 nitrogen and oxygen atoms in total. The van der Waals surface area contributed by atoms with Crippen molar-refractivity contribution < 1.29 is 8.42 Å². The van der Waals surface area contributed by atoms with Crippen LogP contribution in [0, 0.1) is 0 Å². The number of anilines is 1. The molecule has 0 fully saturated rings. The molecule has 1 aromatic heterocycles. The van der Waals surface area contributed by atoms with Gasteiger partial charge in [-0.2, -0.15) is 5.10 Å². The molecule has 2 aromatic rings. The van der Waals surface area contributed by atoms with Crippen LogP contribution in [0.5, 0.6) is 0 Å². The molecule has 108 valence electrons. The first-order chi connectivity index (χ1) is 9.44. The molecule has 0 unspecified atom stereocenters. The van der Waals surface area contributed by atoms with E-state index in [9.17, 15) is 8.42 Å². The summed E-state index contributed by atoms with van der Waals surface area (Å²) in [6.45, 7) is 0.410. The summed E-state index contributed by atoms with van der Waals surface area (Å²) in [7, 11) is -2.10. The SMILES string of the molecule is CNCc1cc(Cl)cc(S(=O)(=O)Nc2cn[nH]c2)c1Cl. The zero-order valence-electron chi connectivity index (χ0n) is 10.4. The van der Waals surface area contributed by atoms with Gasteiger partial charge in [-0.25, -0.2) is 8.42 Å². The highest BCUT2D eigenvalue weighted by Crippen LogP contribution is 2.30. The number of nitrogens with zero attached hydrogens (tertiary/aromatic N) is 1. The van der Waals surface area contributed by atoms with E-state index in [0.717, 1.165) is 0 Å². The fourth-order valence-electron chi connectivity index (χ4n) is 1.65. The number of aromatic amines is 1. The highest BCUT2D eigenvalue weighted by atomic mass is 35.5. The predicted molar refractivity (Wildman–Crippen MR) is 78.6 cm³/mol. The van der Waals surface area contributed by atoms with E-state index in [-0.39, 0.29) is 9.92 Å². The maximum absolute atomic E-state index is 12.3. The normalized spacial score (nSPS) is 11.6. The average Bonchev–Trinajstić information content (AvgIpc) is 2.85. The van der Waals surface area contributed by atoms with Crippen molar-refractivity contribution in [1.82, 2.24) is 15.5 Å². The zero-order valence-corrected chi connectivity index (χ0v) is 12.8. The molecular formula is C11H12Cl2N4O2S. The maximum Gasteiger partial charge on any atom is 0.263 e. The minimum absolute atomic E-state index is 0.0712. The van der Waals surface area contributed by atoms with E-state index in [1.54, 1.807) is 13.1 Å². The second-order valence-electron chi connectivity index (χ2n) is 4.00. The molecule has 0 aliphatic heterocycles. The predicted octanol–water partition coefficient (Wildman–Crippen LogP) is 2.24. The van der Waals surface area contributed by atoms with Crippen molar-refractivity contribution >= 4 is 38.9 Å². The third kappa shape index (κ3) is 3.24. The number of hydrogen-bond donors (Lipinski definition) is 3. The molecule has 0 bridgehead atoms. The van der Waals surface area contributed by atoms with Crippen molar-refractivity contribution in [3.63, 3.8) is 0 Å². The van der Waals surface area contributed by atoms with Crippen LogP contribution in [0.2, 0.25) is 10.0 Å². The molecule has 2 rings (SSSR count). The lowest BCUT2D eigenvalue weighted by Gasteiger charge is -2.12. The van der Waals surface area contributed by atoms with Gasteiger partial charge in [0.1, 0.15) is 4.90 Å². The summed E-state index contributed by atoms with van der Waals surface area (Å²) < 4.78 is 27.0. The standard InChI is InChI=1S/C11H12Cl2N4O2S/c1-14-4-7-2-8(12)3-10(11(7)13)20(18,19)17-9-5-15-16-6-9/h2-3,5-6,14,17H,4H2,1H3,(H,15,16). The van der Waals surface area contributed by atoms with Crippen LogP contribution in [0.1, 0.15) is 5.56 Å². The van der Waals surface area contributed by atoms with Crippen molar-refractivity contribution in [3.05, 3.63) is 40.1 Å². The number of rotatable bonds is 5. The van der Waals surface area contributed by atoms with Crippen LogP contribution in [0.4, 0.5) is 5.69 Å². The lowest BCUT2D eigenvalue weighted by atomic mass is 10.2. The topological polar surface area (TPSA) is 86.9 Å². The third-order valence-corrected chi connectivity index (χ3v) is 4.67. The van der Waals surface area contributed by atoms with Gasteiger partial charge in [-0.1, -0.05) is 23.2 Å². The highest BCUT2D eigenvalue weighted by Gasteiger charge is 2.21. The molecule has 1 aromatic carbocycles. The van der Waals surface area contributed by atoms with Crippen molar-refractivity contribution in [2.45, 2.75) is 11.4 Å².